The lowest BCUT2D eigenvalue weighted by Crippen LogP contribution is -2.31. The van der Waals surface area contributed by atoms with Gasteiger partial charge in [-0.05, 0) is 38.4 Å². The van der Waals surface area contributed by atoms with E-state index in [1.54, 1.807) is 0 Å². The van der Waals surface area contributed by atoms with E-state index in [4.69, 9.17) is 6.42 Å². The average molecular weight is 261 g/mol. The molecule has 0 amide bonds. The van der Waals surface area contributed by atoms with Gasteiger partial charge in [-0.1, -0.05) is 24.6 Å². The number of hydrogen-bond donors (Lipinski definition) is 1. The van der Waals surface area contributed by atoms with Crippen LogP contribution in [0.25, 0.3) is 0 Å². The van der Waals surface area contributed by atoms with Crippen LogP contribution in [-0.2, 0) is 0 Å². The molecule has 1 N–H and O–H groups in total. The van der Waals surface area contributed by atoms with E-state index in [0.717, 1.165) is 31.6 Å². The second kappa shape index (κ2) is 9.08. The van der Waals surface area contributed by atoms with Crippen LogP contribution in [-0.4, -0.2) is 18.3 Å². The molecular weight excluding hydrogens is 238 g/mol. The maximum absolute atomic E-state index is 5.29. The fourth-order valence-electron chi connectivity index (χ4n) is 1.81. The minimum Gasteiger partial charge on any atom is -0.313 e. The van der Waals surface area contributed by atoms with Gasteiger partial charge >= 0.3 is 0 Å². The molecule has 0 bridgehead atoms. The highest BCUT2D eigenvalue weighted by Crippen LogP contribution is 2.20. The first-order chi connectivity index (χ1) is 8.76. The Bertz CT molecular complexity index is 364. The number of hydrogen-bond acceptors (Lipinski definition) is 2. The zero-order chi connectivity index (χ0) is 13.2. The Morgan fingerprint density at radius 3 is 2.67 bits per heavy atom. The summed E-state index contributed by atoms with van der Waals surface area (Å²) in [6.45, 7) is 5.30. The summed E-state index contributed by atoms with van der Waals surface area (Å²) in [7, 11) is 0. The van der Waals surface area contributed by atoms with Gasteiger partial charge in [0.25, 0.3) is 0 Å². The van der Waals surface area contributed by atoms with Crippen LogP contribution in [0.2, 0.25) is 0 Å². The molecule has 18 heavy (non-hydrogen) atoms. The van der Waals surface area contributed by atoms with E-state index in [1.807, 2.05) is 11.8 Å². The Balaban J connectivity index is 2.36. The summed E-state index contributed by atoms with van der Waals surface area (Å²) in [5.74, 6) is 3.82. The van der Waals surface area contributed by atoms with E-state index in [-0.39, 0.29) is 0 Å². The van der Waals surface area contributed by atoms with Crippen molar-refractivity contribution >= 4 is 11.8 Å². The van der Waals surface area contributed by atoms with Gasteiger partial charge in [0.1, 0.15) is 0 Å². The molecule has 1 unspecified atom stereocenters. The predicted octanol–water partition coefficient (Wildman–Crippen LogP) is 3.87. The molecule has 0 saturated heterocycles. The molecule has 1 aromatic carbocycles. The van der Waals surface area contributed by atoms with Crippen LogP contribution in [0.3, 0.4) is 0 Å². The molecular formula is C16H23NS. The van der Waals surface area contributed by atoms with Gasteiger partial charge in [-0.15, -0.1) is 24.1 Å². The van der Waals surface area contributed by atoms with Crippen molar-refractivity contribution in [2.24, 2.45) is 0 Å². The summed E-state index contributed by atoms with van der Waals surface area (Å²) < 4.78 is 0. The molecule has 0 spiro atoms. The monoisotopic (exact) mass is 261 g/mol. The summed E-state index contributed by atoms with van der Waals surface area (Å²) in [6, 6.07) is 9.30. The normalized spacial score (nSPS) is 12.1. The molecule has 0 aliphatic heterocycles. The summed E-state index contributed by atoms with van der Waals surface area (Å²) in [5.41, 5.74) is 1.32. The van der Waals surface area contributed by atoms with Gasteiger partial charge in [0.2, 0.25) is 0 Å². The van der Waals surface area contributed by atoms with Crippen molar-refractivity contribution in [3.63, 3.8) is 0 Å². The summed E-state index contributed by atoms with van der Waals surface area (Å²) in [4.78, 5) is 1.35. The number of benzene rings is 1. The Morgan fingerprint density at radius 2 is 2.06 bits per heavy atom. The third kappa shape index (κ3) is 6.14. The topological polar surface area (TPSA) is 12.0 Å². The second-order valence-corrected chi connectivity index (χ2v) is 5.57. The van der Waals surface area contributed by atoms with Crippen LogP contribution in [0.4, 0.5) is 0 Å². The Hall–Kier alpha value is -0.910. The lowest BCUT2D eigenvalue weighted by Gasteiger charge is -2.17. The van der Waals surface area contributed by atoms with E-state index in [1.165, 1.54) is 10.5 Å². The van der Waals surface area contributed by atoms with Crippen molar-refractivity contribution in [1.29, 1.82) is 0 Å². The molecule has 0 aromatic heterocycles. The summed E-state index contributed by atoms with van der Waals surface area (Å²) in [5, 5.41) is 3.53. The van der Waals surface area contributed by atoms with Gasteiger partial charge in [-0.2, -0.15) is 0 Å². The number of thioether (sulfide) groups is 1. The molecule has 1 rings (SSSR count). The molecule has 1 atom stereocenters. The summed E-state index contributed by atoms with van der Waals surface area (Å²) >= 11 is 1.92. The van der Waals surface area contributed by atoms with Crippen LogP contribution < -0.4 is 5.32 Å². The van der Waals surface area contributed by atoms with E-state index in [9.17, 15) is 0 Å². The molecule has 0 aliphatic carbocycles. The molecule has 0 fully saturated rings. The van der Waals surface area contributed by atoms with E-state index < -0.39 is 0 Å². The smallest absolute Gasteiger partial charge is 0.0161 e. The highest BCUT2D eigenvalue weighted by molar-refractivity contribution is 7.99. The van der Waals surface area contributed by atoms with Gasteiger partial charge in [0.05, 0.1) is 0 Å². The van der Waals surface area contributed by atoms with Gasteiger partial charge in [0, 0.05) is 23.1 Å². The molecule has 1 aromatic rings. The molecule has 1 nitrogen and oxygen atoms in total. The molecule has 98 valence electrons. The van der Waals surface area contributed by atoms with Gasteiger partial charge < -0.3 is 5.32 Å². The number of nitrogens with one attached hydrogen (secondary N) is 1. The van der Waals surface area contributed by atoms with Crippen molar-refractivity contribution in [3.8, 4) is 12.3 Å². The first kappa shape index (κ1) is 15.1. The van der Waals surface area contributed by atoms with Crippen molar-refractivity contribution in [2.45, 2.75) is 44.0 Å². The predicted molar refractivity (Wildman–Crippen MR) is 82.1 cm³/mol. The fraction of sp³-hybridized carbons (Fsp3) is 0.500. The Labute approximate surface area is 116 Å². The number of unbranched alkanes of at least 4 members (excludes halogenated alkanes) is 1. The fourth-order valence-corrected chi connectivity index (χ4v) is 2.82. The third-order valence-electron chi connectivity index (χ3n) is 2.84. The SMILES string of the molecule is C#CCCCC(CSc1ccc(C)cc1)NCC. The highest BCUT2D eigenvalue weighted by atomic mass is 32.2. The van der Waals surface area contributed by atoms with E-state index in [0.29, 0.717) is 6.04 Å². The van der Waals surface area contributed by atoms with Crippen molar-refractivity contribution in [2.75, 3.05) is 12.3 Å². The van der Waals surface area contributed by atoms with Crippen LogP contribution in [0.15, 0.2) is 29.2 Å². The molecule has 0 heterocycles. The number of terminal acetylenes is 1. The quantitative estimate of drug-likeness (QED) is 0.433. The maximum atomic E-state index is 5.29. The average Bonchev–Trinajstić information content (AvgIpc) is 2.38. The molecule has 0 radical (unpaired) electrons. The zero-order valence-electron chi connectivity index (χ0n) is 11.4. The molecule has 0 saturated carbocycles. The van der Waals surface area contributed by atoms with Crippen molar-refractivity contribution < 1.29 is 0 Å². The summed E-state index contributed by atoms with van der Waals surface area (Å²) in [6.07, 6.45) is 8.46. The second-order valence-electron chi connectivity index (χ2n) is 4.48. The largest absolute Gasteiger partial charge is 0.313 e. The Morgan fingerprint density at radius 1 is 1.33 bits per heavy atom. The van der Waals surface area contributed by atoms with E-state index in [2.05, 4.69) is 49.4 Å². The van der Waals surface area contributed by atoms with Gasteiger partial charge in [0.15, 0.2) is 0 Å². The third-order valence-corrected chi connectivity index (χ3v) is 4.01. The lowest BCUT2D eigenvalue weighted by molar-refractivity contribution is 0.523. The van der Waals surface area contributed by atoms with Crippen molar-refractivity contribution in [3.05, 3.63) is 29.8 Å². The van der Waals surface area contributed by atoms with Gasteiger partial charge in [-0.3, -0.25) is 0 Å². The van der Waals surface area contributed by atoms with Crippen LogP contribution in [0.5, 0.6) is 0 Å². The molecule has 0 aliphatic rings. The van der Waals surface area contributed by atoms with Crippen molar-refractivity contribution in [1.82, 2.24) is 5.32 Å². The highest BCUT2D eigenvalue weighted by Gasteiger charge is 2.07. The first-order valence-electron chi connectivity index (χ1n) is 6.62. The zero-order valence-corrected chi connectivity index (χ0v) is 12.2. The number of aryl methyl sites for hydroxylation is 1. The van der Waals surface area contributed by atoms with Gasteiger partial charge in [-0.25, -0.2) is 0 Å². The van der Waals surface area contributed by atoms with E-state index >= 15 is 0 Å². The maximum Gasteiger partial charge on any atom is 0.0161 e. The molecule has 2 heteroatoms. The number of rotatable bonds is 8. The van der Waals surface area contributed by atoms with Crippen LogP contribution in [0.1, 0.15) is 31.7 Å². The Kier molecular flexibility index (Phi) is 7.64. The standard InChI is InChI=1S/C16H23NS/c1-4-6-7-8-15(17-5-2)13-18-16-11-9-14(3)10-12-16/h1,9-12,15,17H,5-8,13H2,2-3H3. The van der Waals surface area contributed by atoms with Crippen LogP contribution >= 0.6 is 11.8 Å². The van der Waals surface area contributed by atoms with Crippen LogP contribution in [0, 0.1) is 19.3 Å². The minimum atomic E-state index is 0.564. The lowest BCUT2D eigenvalue weighted by atomic mass is 10.1. The first-order valence-corrected chi connectivity index (χ1v) is 7.61. The minimum absolute atomic E-state index is 0.564.